The van der Waals surface area contributed by atoms with Crippen molar-refractivity contribution in [3.63, 3.8) is 0 Å². The van der Waals surface area contributed by atoms with E-state index in [1.807, 2.05) is 6.92 Å². The molecule has 1 rings (SSSR count). The number of ether oxygens (including phenoxy) is 1. The van der Waals surface area contributed by atoms with Gasteiger partial charge in [0.2, 0.25) is 0 Å². The van der Waals surface area contributed by atoms with E-state index in [0.717, 1.165) is 0 Å². The maximum absolute atomic E-state index is 11.1. The van der Waals surface area contributed by atoms with Gasteiger partial charge >= 0.3 is 5.97 Å². The van der Waals surface area contributed by atoms with Gasteiger partial charge in [-0.05, 0) is 26.0 Å². The third-order valence-corrected chi connectivity index (χ3v) is 1.73. The summed E-state index contributed by atoms with van der Waals surface area (Å²) in [7, 11) is 0. The molecular formula is C11H12O3. The van der Waals surface area contributed by atoms with Crippen LogP contribution in [0, 0.1) is 0 Å². The topological polar surface area (TPSA) is 46.5 Å². The summed E-state index contributed by atoms with van der Waals surface area (Å²) in [4.78, 5) is 11.1. The largest absolute Gasteiger partial charge is 0.512 e. The fraction of sp³-hybridized carbons (Fsp3) is 0.182. The van der Waals surface area contributed by atoms with Gasteiger partial charge in [-0.2, -0.15) is 0 Å². The Hall–Kier alpha value is -1.77. The summed E-state index contributed by atoms with van der Waals surface area (Å²) in [5, 5.41) is 9.30. The molecular weight excluding hydrogens is 180 g/mol. The van der Waals surface area contributed by atoms with Crippen molar-refractivity contribution in [1.29, 1.82) is 0 Å². The number of cyclic esters (lactones) is 1. The number of carbonyl (C=O) groups excluding carboxylic acids is 1. The minimum absolute atomic E-state index is 0.170. The van der Waals surface area contributed by atoms with Crippen molar-refractivity contribution in [3.8, 4) is 0 Å². The molecule has 1 heterocycles. The molecule has 74 valence electrons. The second-order valence-corrected chi connectivity index (χ2v) is 2.85. The number of esters is 1. The molecule has 1 aliphatic heterocycles. The Morgan fingerprint density at radius 2 is 2.29 bits per heavy atom. The Bertz CT molecular complexity index is 353. The zero-order valence-electron chi connectivity index (χ0n) is 8.15. The van der Waals surface area contributed by atoms with E-state index in [1.54, 1.807) is 31.2 Å². The Morgan fingerprint density at radius 3 is 2.71 bits per heavy atom. The molecule has 3 nitrogen and oxygen atoms in total. The van der Waals surface area contributed by atoms with Crippen molar-refractivity contribution in [2.24, 2.45) is 0 Å². The molecule has 0 bridgehead atoms. The molecule has 0 amide bonds. The maximum atomic E-state index is 11.1. The lowest BCUT2D eigenvalue weighted by Gasteiger charge is -1.97. The van der Waals surface area contributed by atoms with E-state index in [9.17, 15) is 9.90 Å². The van der Waals surface area contributed by atoms with E-state index in [1.165, 1.54) is 6.26 Å². The van der Waals surface area contributed by atoms with Crippen molar-refractivity contribution >= 4 is 5.97 Å². The maximum Gasteiger partial charge on any atom is 0.343 e. The van der Waals surface area contributed by atoms with Gasteiger partial charge in [0.1, 0.15) is 0 Å². The van der Waals surface area contributed by atoms with Crippen LogP contribution >= 0.6 is 0 Å². The number of aliphatic hydroxyl groups excluding tert-OH is 1. The van der Waals surface area contributed by atoms with Crippen LogP contribution in [0.15, 0.2) is 47.5 Å². The summed E-state index contributed by atoms with van der Waals surface area (Å²) >= 11 is 0. The van der Waals surface area contributed by atoms with E-state index in [0.29, 0.717) is 11.1 Å². The molecule has 14 heavy (non-hydrogen) atoms. The highest BCUT2D eigenvalue weighted by atomic mass is 16.5. The predicted molar refractivity (Wildman–Crippen MR) is 53.5 cm³/mol. The van der Waals surface area contributed by atoms with E-state index in [4.69, 9.17) is 0 Å². The van der Waals surface area contributed by atoms with Crippen LogP contribution in [0.4, 0.5) is 0 Å². The normalized spacial score (nSPS) is 20.4. The van der Waals surface area contributed by atoms with Crippen LogP contribution in [0.1, 0.15) is 13.8 Å². The molecule has 0 aromatic carbocycles. The molecule has 1 aliphatic rings. The van der Waals surface area contributed by atoms with Gasteiger partial charge in [-0.3, -0.25) is 0 Å². The molecule has 1 N–H and O–H groups in total. The third kappa shape index (κ3) is 2.36. The van der Waals surface area contributed by atoms with E-state index in [-0.39, 0.29) is 5.76 Å². The molecule has 0 aromatic heterocycles. The van der Waals surface area contributed by atoms with Crippen molar-refractivity contribution in [2.75, 3.05) is 0 Å². The monoisotopic (exact) mass is 192 g/mol. The molecule has 3 heteroatoms. The van der Waals surface area contributed by atoms with Gasteiger partial charge in [0.25, 0.3) is 0 Å². The minimum atomic E-state index is -0.395. The highest BCUT2D eigenvalue weighted by Gasteiger charge is 2.13. The van der Waals surface area contributed by atoms with Crippen molar-refractivity contribution in [2.45, 2.75) is 13.8 Å². The SMILES string of the molecule is C/C=C/C(/C=C1/C=COC1=O)=C(/C)O. The molecule has 0 unspecified atom stereocenters. The van der Waals surface area contributed by atoms with Gasteiger partial charge in [-0.1, -0.05) is 12.2 Å². The summed E-state index contributed by atoms with van der Waals surface area (Å²) in [6, 6.07) is 0. The number of carbonyl (C=O) groups is 1. The lowest BCUT2D eigenvalue weighted by Crippen LogP contribution is -1.96. The van der Waals surface area contributed by atoms with Gasteiger partial charge in [0.05, 0.1) is 17.6 Å². The Kier molecular flexibility index (Phi) is 3.29. The molecule has 0 saturated carbocycles. The van der Waals surface area contributed by atoms with Crippen LogP contribution < -0.4 is 0 Å². The minimum Gasteiger partial charge on any atom is -0.512 e. The molecule has 0 aliphatic carbocycles. The van der Waals surface area contributed by atoms with Crippen LogP contribution in [0.3, 0.4) is 0 Å². The van der Waals surface area contributed by atoms with Crippen LogP contribution in [-0.4, -0.2) is 11.1 Å². The lowest BCUT2D eigenvalue weighted by molar-refractivity contribution is -0.132. The standard InChI is InChI=1S/C11H12O3/c1-3-4-9(8(2)12)7-10-5-6-14-11(10)13/h3-7,12H,1-2H3/b4-3+,9-8+,10-7-. The summed E-state index contributed by atoms with van der Waals surface area (Å²) in [5.41, 5.74) is 1.04. The smallest absolute Gasteiger partial charge is 0.343 e. The average molecular weight is 192 g/mol. The molecule has 0 saturated heterocycles. The average Bonchev–Trinajstić information content (AvgIpc) is 2.51. The predicted octanol–water partition coefficient (Wildman–Crippen LogP) is 2.39. The van der Waals surface area contributed by atoms with Crippen molar-refractivity contribution < 1.29 is 14.6 Å². The van der Waals surface area contributed by atoms with Crippen LogP contribution in [0.2, 0.25) is 0 Å². The fourth-order valence-electron chi connectivity index (χ4n) is 1.03. The summed E-state index contributed by atoms with van der Waals surface area (Å²) in [6.07, 6.45) is 7.99. The van der Waals surface area contributed by atoms with Crippen molar-refractivity contribution in [1.82, 2.24) is 0 Å². The number of aliphatic hydroxyl groups is 1. The first-order valence-corrected chi connectivity index (χ1v) is 4.27. The second kappa shape index (κ2) is 4.46. The van der Waals surface area contributed by atoms with Gasteiger partial charge in [-0.25, -0.2) is 4.79 Å². The first-order chi connectivity index (χ1) is 6.65. The van der Waals surface area contributed by atoms with Crippen LogP contribution in [0.5, 0.6) is 0 Å². The lowest BCUT2D eigenvalue weighted by atomic mass is 10.1. The number of allylic oxidation sites excluding steroid dienone is 5. The Labute approximate surface area is 82.7 Å². The summed E-state index contributed by atoms with van der Waals surface area (Å²) < 4.78 is 4.61. The summed E-state index contributed by atoms with van der Waals surface area (Å²) in [6.45, 7) is 3.40. The number of hydrogen-bond donors (Lipinski definition) is 1. The molecule has 0 atom stereocenters. The number of hydrogen-bond acceptors (Lipinski definition) is 3. The van der Waals surface area contributed by atoms with E-state index >= 15 is 0 Å². The first-order valence-electron chi connectivity index (χ1n) is 4.27. The van der Waals surface area contributed by atoms with E-state index < -0.39 is 5.97 Å². The molecule has 0 spiro atoms. The van der Waals surface area contributed by atoms with Crippen LogP contribution in [0.25, 0.3) is 0 Å². The molecule has 0 fully saturated rings. The first kappa shape index (κ1) is 10.3. The van der Waals surface area contributed by atoms with E-state index in [2.05, 4.69) is 4.74 Å². The zero-order valence-corrected chi connectivity index (χ0v) is 8.15. The molecule has 0 radical (unpaired) electrons. The Morgan fingerprint density at radius 1 is 1.57 bits per heavy atom. The Balaban J connectivity index is 2.99. The van der Waals surface area contributed by atoms with Gasteiger partial charge < -0.3 is 9.84 Å². The van der Waals surface area contributed by atoms with Crippen molar-refractivity contribution in [3.05, 3.63) is 47.5 Å². The highest BCUT2D eigenvalue weighted by molar-refractivity contribution is 5.94. The second-order valence-electron chi connectivity index (χ2n) is 2.85. The van der Waals surface area contributed by atoms with Crippen LogP contribution in [-0.2, 0) is 9.53 Å². The van der Waals surface area contributed by atoms with Gasteiger partial charge in [-0.15, -0.1) is 0 Å². The fourth-order valence-corrected chi connectivity index (χ4v) is 1.03. The van der Waals surface area contributed by atoms with Gasteiger partial charge in [0.15, 0.2) is 0 Å². The summed E-state index contributed by atoms with van der Waals surface area (Å²) in [5.74, 6) is -0.225. The number of rotatable bonds is 2. The van der Waals surface area contributed by atoms with Gasteiger partial charge in [0, 0.05) is 5.57 Å². The highest BCUT2D eigenvalue weighted by Crippen LogP contribution is 2.14. The third-order valence-electron chi connectivity index (χ3n) is 1.73. The zero-order chi connectivity index (χ0) is 10.6. The quantitative estimate of drug-likeness (QED) is 0.316. The molecule has 0 aromatic rings.